The molecule has 3 aliphatic rings. The van der Waals surface area contributed by atoms with Gasteiger partial charge in [-0.05, 0) is 81.4 Å². The lowest BCUT2D eigenvalue weighted by Gasteiger charge is -2.49. The Kier molecular flexibility index (Phi) is 3.91. The molecule has 1 aromatic rings. The van der Waals surface area contributed by atoms with Gasteiger partial charge in [-0.2, -0.15) is 0 Å². The molecule has 0 bridgehead atoms. The number of fused-ring (bicyclic) bond motifs is 4. The first kappa shape index (κ1) is 16.4. The summed E-state index contributed by atoms with van der Waals surface area (Å²) < 4.78 is 6.45. The molecule has 4 rings (SSSR count). The van der Waals surface area contributed by atoms with Crippen LogP contribution in [-0.4, -0.2) is 12.2 Å². The molecule has 0 radical (unpaired) electrons. The van der Waals surface area contributed by atoms with Gasteiger partial charge in [0, 0.05) is 12.0 Å². The molecule has 1 nitrogen and oxygen atoms in total. The average Bonchev–Trinajstić information content (AvgIpc) is 2.84. The molecule has 130 valence electrons. The highest BCUT2D eigenvalue weighted by molar-refractivity contribution is 5.75. The maximum Gasteiger partial charge on any atom is 0.0713 e. The number of aryl methyl sites for hydroxylation is 2. The summed E-state index contributed by atoms with van der Waals surface area (Å²) in [6.07, 6.45) is 8.69. The molecule has 0 amide bonds. The van der Waals surface area contributed by atoms with Gasteiger partial charge in [-0.25, -0.2) is 0 Å². The highest BCUT2D eigenvalue weighted by atomic mass is 16.5. The van der Waals surface area contributed by atoms with Crippen molar-refractivity contribution in [3.63, 3.8) is 0 Å². The molecule has 1 heteroatoms. The van der Waals surface area contributed by atoms with Gasteiger partial charge in [0.1, 0.15) is 0 Å². The lowest BCUT2D eigenvalue weighted by molar-refractivity contribution is -0.111. The van der Waals surface area contributed by atoms with Crippen molar-refractivity contribution < 1.29 is 4.74 Å². The van der Waals surface area contributed by atoms with E-state index in [0.717, 1.165) is 18.9 Å². The van der Waals surface area contributed by atoms with E-state index in [1.54, 1.807) is 22.3 Å². The first-order chi connectivity index (χ1) is 11.5. The van der Waals surface area contributed by atoms with Crippen molar-refractivity contribution in [3.8, 4) is 0 Å². The van der Waals surface area contributed by atoms with Gasteiger partial charge in [-0.15, -0.1) is 0 Å². The van der Waals surface area contributed by atoms with Gasteiger partial charge < -0.3 is 4.74 Å². The Morgan fingerprint density at radius 1 is 1.12 bits per heavy atom. The molecule has 3 atom stereocenters. The van der Waals surface area contributed by atoms with E-state index in [2.05, 4.69) is 45.9 Å². The minimum absolute atomic E-state index is 0.0692. The van der Waals surface area contributed by atoms with Crippen molar-refractivity contribution in [2.45, 2.75) is 78.2 Å². The molecular weight excluding hydrogens is 292 g/mol. The minimum Gasteiger partial charge on any atom is -0.375 e. The van der Waals surface area contributed by atoms with Crippen molar-refractivity contribution in [2.24, 2.45) is 11.3 Å². The molecular formula is C23H32O. The van der Waals surface area contributed by atoms with E-state index in [9.17, 15) is 0 Å². The molecule has 0 saturated heterocycles. The Labute approximate surface area is 147 Å². The molecule has 0 aliphatic heterocycles. The van der Waals surface area contributed by atoms with Crippen molar-refractivity contribution >= 4 is 5.57 Å². The van der Waals surface area contributed by atoms with Crippen LogP contribution in [0.3, 0.4) is 0 Å². The van der Waals surface area contributed by atoms with Crippen LogP contribution in [0.5, 0.6) is 0 Å². The topological polar surface area (TPSA) is 9.23 Å². The second kappa shape index (κ2) is 5.73. The third kappa shape index (κ3) is 2.24. The Hall–Kier alpha value is -1.08. The molecule has 0 spiro atoms. The Balaban J connectivity index is 1.72. The summed E-state index contributed by atoms with van der Waals surface area (Å²) in [6.45, 7) is 10.3. The maximum absolute atomic E-state index is 6.45. The number of hydrogen-bond donors (Lipinski definition) is 0. The maximum atomic E-state index is 6.45. The second-order valence-corrected chi connectivity index (χ2v) is 8.75. The average molecular weight is 325 g/mol. The van der Waals surface area contributed by atoms with E-state index in [1.807, 2.05) is 0 Å². The SMILES string of the molecule is CCCOC1(C)CC[C@H]2C3=C(CCC21C)c1ccc(C)cc1CC3. The molecule has 1 saturated carbocycles. The predicted molar refractivity (Wildman–Crippen MR) is 101 cm³/mol. The van der Waals surface area contributed by atoms with Crippen LogP contribution in [0.1, 0.15) is 76.0 Å². The van der Waals surface area contributed by atoms with Gasteiger partial charge in [0.15, 0.2) is 0 Å². The fourth-order valence-corrected chi connectivity index (χ4v) is 5.84. The van der Waals surface area contributed by atoms with E-state index in [1.165, 1.54) is 44.1 Å². The fraction of sp³-hybridized carbons (Fsp3) is 0.652. The summed E-state index contributed by atoms with van der Waals surface area (Å²) in [4.78, 5) is 0. The monoisotopic (exact) mass is 324 g/mol. The molecule has 0 heterocycles. The minimum atomic E-state index is 0.0692. The second-order valence-electron chi connectivity index (χ2n) is 8.75. The van der Waals surface area contributed by atoms with Gasteiger partial charge in [0.25, 0.3) is 0 Å². The summed E-state index contributed by atoms with van der Waals surface area (Å²) in [6, 6.07) is 7.10. The number of ether oxygens (including phenoxy) is 1. The summed E-state index contributed by atoms with van der Waals surface area (Å²) in [5.74, 6) is 0.734. The first-order valence-electron chi connectivity index (χ1n) is 9.94. The van der Waals surface area contributed by atoms with Crippen molar-refractivity contribution in [2.75, 3.05) is 6.61 Å². The Morgan fingerprint density at radius 3 is 2.75 bits per heavy atom. The van der Waals surface area contributed by atoms with E-state index in [4.69, 9.17) is 4.74 Å². The molecule has 1 fully saturated rings. The number of rotatable bonds is 3. The summed E-state index contributed by atoms with van der Waals surface area (Å²) >= 11 is 0. The van der Waals surface area contributed by atoms with Crippen molar-refractivity contribution in [1.29, 1.82) is 0 Å². The highest BCUT2D eigenvalue weighted by Crippen LogP contribution is 2.63. The van der Waals surface area contributed by atoms with Gasteiger partial charge in [0.2, 0.25) is 0 Å². The summed E-state index contributed by atoms with van der Waals surface area (Å²) in [5, 5.41) is 0. The van der Waals surface area contributed by atoms with Gasteiger partial charge in [-0.1, -0.05) is 43.2 Å². The van der Waals surface area contributed by atoms with Crippen LogP contribution in [0.2, 0.25) is 0 Å². The van der Waals surface area contributed by atoms with Crippen LogP contribution in [0.15, 0.2) is 23.8 Å². The number of allylic oxidation sites excluding steroid dienone is 2. The van der Waals surface area contributed by atoms with E-state index in [0.29, 0.717) is 5.41 Å². The Morgan fingerprint density at radius 2 is 1.96 bits per heavy atom. The van der Waals surface area contributed by atoms with E-state index < -0.39 is 0 Å². The predicted octanol–water partition coefficient (Wildman–Crippen LogP) is 6.09. The van der Waals surface area contributed by atoms with Crippen molar-refractivity contribution in [3.05, 3.63) is 40.5 Å². The van der Waals surface area contributed by atoms with E-state index in [-0.39, 0.29) is 5.60 Å². The van der Waals surface area contributed by atoms with Crippen LogP contribution in [0, 0.1) is 18.3 Å². The quantitative estimate of drug-likeness (QED) is 0.653. The zero-order valence-electron chi connectivity index (χ0n) is 15.9. The van der Waals surface area contributed by atoms with Crippen LogP contribution >= 0.6 is 0 Å². The Bertz CT molecular complexity index is 685. The summed E-state index contributed by atoms with van der Waals surface area (Å²) in [7, 11) is 0. The zero-order chi connectivity index (χ0) is 16.9. The van der Waals surface area contributed by atoms with Gasteiger partial charge in [0.05, 0.1) is 5.60 Å². The van der Waals surface area contributed by atoms with Crippen LogP contribution in [0.25, 0.3) is 5.57 Å². The number of hydrogen-bond acceptors (Lipinski definition) is 1. The van der Waals surface area contributed by atoms with Crippen LogP contribution in [-0.2, 0) is 11.2 Å². The van der Waals surface area contributed by atoms with Gasteiger partial charge >= 0.3 is 0 Å². The normalized spacial score (nSPS) is 34.8. The number of benzene rings is 1. The first-order valence-corrected chi connectivity index (χ1v) is 9.94. The molecule has 2 unspecified atom stereocenters. The zero-order valence-corrected chi connectivity index (χ0v) is 15.9. The standard InChI is InChI=1S/C23H32O/c1-5-14-24-23(4)13-11-21-20-9-7-17-15-16(2)6-8-18(17)19(20)10-12-22(21,23)3/h6,8,15,21H,5,7,9-14H2,1-4H3/t21-,22?,23?/m0/s1. The van der Waals surface area contributed by atoms with Crippen LogP contribution < -0.4 is 0 Å². The third-order valence-electron chi connectivity index (χ3n) is 7.46. The third-order valence-corrected chi connectivity index (χ3v) is 7.46. The molecule has 3 aliphatic carbocycles. The molecule has 0 aromatic heterocycles. The van der Waals surface area contributed by atoms with E-state index >= 15 is 0 Å². The highest BCUT2D eigenvalue weighted by Gasteiger charge is 2.57. The van der Waals surface area contributed by atoms with Crippen molar-refractivity contribution in [1.82, 2.24) is 0 Å². The van der Waals surface area contributed by atoms with Crippen LogP contribution in [0.4, 0.5) is 0 Å². The fourth-order valence-electron chi connectivity index (χ4n) is 5.84. The van der Waals surface area contributed by atoms with Gasteiger partial charge in [-0.3, -0.25) is 0 Å². The molecule has 1 aromatic carbocycles. The molecule has 0 N–H and O–H groups in total. The lowest BCUT2D eigenvalue weighted by atomic mass is 9.59. The largest absolute Gasteiger partial charge is 0.375 e. The lowest BCUT2D eigenvalue weighted by Crippen LogP contribution is -2.47. The summed E-state index contributed by atoms with van der Waals surface area (Å²) in [5.41, 5.74) is 8.41. The molecule has 24 heavy (non-hydrogen) atoms. The smallest absolute Gasteiger partial charge is 0.0713 e.